The van der Waals surface area contributed by atoms with Gasteiger partial charge in [0.05, 0.1) is 10.3 Å². The van der Waals surface area contributed by atoms with E-state index in [-0.39, 0.29) is 18.5 Å². The van der Waals surface area contributed by atoms with Crippen LogP contribution in [0, 0.1) is 16.0 Å². The Morgan fingerprint density at radius 1 is 1.10 bits per heavy atom. The number of hydrogen-bond donors (Lipinski definition) is 2. The number of rotatable bonds is 9. The van der Waals surface area contributed by atoms with Crippen LogP contribution in [0.15, 0.2) is 60.0 Å². The maximum absolute atomic E-state index is 12.2. The molecule has 0 spiro atoms. The molecule has 0 fully saturated rings. The number of nitro groups is 1. The highest BCUT2D eigenvalue weighted by Gasteiger charge is 2.28. The molecule has 0 radical (unpaired) electrons. The third-order valence-corrected chi connectivity index (χ3v) is 4.95. The fourth-order valence-electron chi connectivity index (χ4n) is 2.44. The summed E-state index contributed by atoms with van der Waals surface area (Å²) in [6.07, 6.45) is 1.24. The molecule has 152 valence electrons. The number of amides is 1. The van der Waals surface area contributed by atoms with Gasteiger partial charge in [-0.25, -0.2) is 13.1 Å². The van der Waals surface area contributed by atoms with Crippen LogP contribution in [0.1, 0.15) is 17.5 Å². The van der Waals surface area contributed by atoms with E-state index in [1.807, 2.05) is 0 Å². The van der Waals surface area contributed by atoms with Crippen molar-refractivity contribution >= 4 is 33.7 Å². The first-order chi connectivity index (χ1) is 13.7. The molecule has 29 heavy (non-hydrogen) atoms. The molecular formula is C19H18N2O7S. The SMILES string of the molecule is O=C(O)C(CCc1ccc([N+](=O)[O-])cc1)C(=O)NS(=O)(=O)C=Cc1ccccc1. The maximum atomic E-state index is 12.2. The van der Waals surface area contributed by atoms with Gasteiger partial charge in [-0.2, -0.15) is 0 Å². The fourth-order valence-corrected chi connectivity index (χ4v) is 3.27. The lowest BCUT2D eigenvalue weighted by atomic mass is 9.99. The van der Waals surface area contributed by atoms with Crippen LogP contribution in [-0.2, 0) is 26.0 Å². The Kier molecular flexibility index (Phi) is 7.21. The number of nitrogens with zero attached hydrogens (tertiary/aromatic N) is 1. The van der Waals surface area contributed by atoms with Crippen LogP contribution in [0.3, 0.4) is 0 Å². The van der Waals surface area contributed by atoms with Crippen LogP contribution in [0.4, 0.5) is 5.69 Å². The van der Waals surface area contributed by atoms with E-state index in [1.54, 1.807) is 35.1 Å². The van der Waals surface area contributed by atoms with Crippen molar-refractivity contribution in [1.29, 1.82) is 0 Å². The third-order valence-electron chi connectivity index (χ3n) is 3.97. The summed E-state index contributed by atoms with van der Waals surface area (Å²) in [7, 11) is -4.17. The van der Waals surface area contributed by atoms with E-state index >= 15 is 0 Å². The van der Waals surface area contributed by atoms with Crippen molar-refractivity contribution in [3.05, 3.63) is 81.2 Å². The largest absolute Gasteiger partial charge is 0.481 e. The Labute approximate surface area is 166 Å². The number of carboxylic acids is 1. The van der Waals surface area contributed by atoms with Crippen LogP contribution in [0.25, 0.3) is 6.08 Å². The molecule has 0 aliphatic heterocycles. The number of carbonyl (C=O) groups excluding carboxylic acids is 1. The highest BCUT2D eigenvalue weighted by Crippen LogP contribution is 2.16. The summed E-state index contributed by atoms with van der Waals surface area (Å²) in [5.74, 6) is -4.21. The minimum atomic E-state index is -4.17. The van der Waals surface area contributed by atoms with Crippen LogP contribution in [0.5, 0.6) is 0 Å². The van der Waals surface area contributed by atoms with Gasteiger partial charge in [0.2, 0.25) is 5.91 Å². The highest BCUT2D eigenvalue weighted by atomic mass is 32.2. The molecule has 2 aromatic carbocycles. The lowest BCUT2D eigenvalue weighted by Gasteiger charge is -2.12. The van der Waals surface area contributed by atoms with Gasteiger partial charge in [0.25, 0.3) is 15.7 Å². The molecule has 2 aromatic rings. The average molecular weight is 418 g/mol. The smallest absolute Gasteiger partial charge is 0.316 e. The number of carboxylic acid groups (broad SMARTS) is 1. The van der Waals surface area contributed by atoms with E-state index in [0.717, 1.165) is 5.41 Å². The molecule has 0 aromatic heterocycles. The Hall–Kier alpha value is -3.53. The zero-order valence-corrected chi connectivity index (χ0v) is 15.9. The maximum Gasteiger partial charge on any atom is 0.316 e. The number of sulfonamides is 1. The number of aliphatic carboxylic acids is 1. The molecular weight excluding hydrogens is 400 g/mol. The first kappa shape index (κ1) is 21.8. The predicted molar refractivity (Wildman–Crippen MR) is 105 cm³/mol. The summed E-state index contributed by atoms with van der Waals surface area (Å²) in [6.45, 7) is 0. The van der Waals surface area contributed by atoms with Crippen LogP contribution < -0.4 is 4.72 Å². The number of aryl methyl sites for hydroxylation is 1. The number of benzene rings is 2. The Balaban J connectivity index is 2.02. The third kappa shape index (κ3) is 6.85. The molecule has 0 saturated carbocycles. The molecule has 2 rings (SSSR count). The molecule has 0 heterocycles. The number of nitro benzene ring substituents is 1. The number of hydrogen-bond acceptors (Lipinski definition) is 6. The highest BCUT2D eigenvalue weighted by molar-refractivity contribution is 7.93. The van der Waals surface area contributed by atoms with Gasteiger partial charge in [0.1, 0.15) is 5.92 Å². The molecule has 0 aliphatic carbocycles. The molecule has 1 amide bonds. The Morgan fingerprint density at radius 2 is 1.72 bits per heavy atom. The van der Waals surface area contributed by atoms with Gasteiger partial charge < -0.3 is 5.11 Å². The summed E-state index contributed by atoms with van der Waals surface area (Å²) in [6, 6.07) is 14.0. The van der Waals surface area contributed by atoms with Crippen molar-refractivity contribution in [1.82, 2.24) is 4.72 Å². The predicted octanol–water partition coefficient (Wildman–Crippen LogP) is 2.35. The molecule has 2 N–H and O–H groups in total. The normalized spacial score (nSPS) is 12.4. The summed E-state index contributed by atoms with van der Waals surface area (Å²) in [4.78, 5) is 33.7. The first-order valence-corrected chi connectivity index (χ1v) is 9.98. The lowest BCUT2D eigenvalue weighted by molar-refractivity contribution is -0.384. The van der Waals surface area contributed by atoms with E-state index in [9.17, 15) is 33.2 Å². The van der Waals surface area contributed by atoms with Gasteiger partial charge in [0.15, 0.2) is 0 Å². The monoisotopic (exact) mass is 418 g/mol. The van der Waals surface area contributed by atoms with Gasteiger partial charge in [-0.3, -0.25) is 19.7 Å². The molecule has 10 heteroatoms. The van der Waals surface area contributed by atoms with E-state index in [1.165, 1.54) is 30.3 Å². The van der Waals surface area contributed by atoms with Crippen LogP contribution in [-0.4, -0.2) is 30.3 Å². The number of carbonyl (C=O) groups is 2. The zero-order valence-electron chi connectivity index (χ0n) is 15.1. The summed E-state index contributed by atoms with van der Waals surface area (Å²) in [5, 5.41) is 20.7. The second kappa shape index (κ2) is 9.60. The first-order valence-electron chi connectivity index (χ1n) is 8.44. The molecule has 9 nitrogen and oxygen atoms in total. The standard InChI is InChI=1S/C19H18N2O7S/c22-18(20-29(27,28)13-12-14-4-2-1-3-5-14)17(19(23)24)11-8-15-6-9-16(10-7-15)21(25)26/h1-7,9-10,12-13,17H,8,11H2,(H,20,22)(H,23,24). The van der Waals surface area contributed by atoms with E-state index in [4.69, 9.17) is 0 Å². The number of non-ortho nitro benzene ring substituents is 1. The molecule has 1 atom stereocenters. The van der Waals surface area contributed by atoms with E-state index < -0.39 is 32.7 Å². The minimum absolute atomic E-state index is 0.113. The van der Waals surface area contributed by atoms with Crippen molar-refractivity contribution < 1.29 is 28.0 Å². The summed E-state index contributed by atoms with van der Waals surface area (Å²) >= 11 is 0. The second-order valence-corrected chi connectivity index (χ2v) is 7.64. The Morgan fingerprint density at radius 3 is 2.28 bits per heavy atom. The second-order valence-electron chi connectivity index (χ2n) is 6.08. The molecule has 0 aliphatic rings. The van der Waals surface area contributed by atoms with Crippen molar-refractivity contribution in [3.63, 3.8) is 0 Å². The van der Waals surface area contributed by atoms with E-state index in [0.29, 0.717) is 11.1 Å². The topological polar surface area (TPSA) is 144 Å². The summed E-state index contributed by atoms with van der Waals surface area (Å²) in [5.41, 5.74) is 1.07. The minimum Gasteiger partial charge on any atom is -0.481 e. The Bertz CT molecular complexity index is 1020. The van der Waals surface area contributed by atoms with Gasteiger partial charge >= 0.3 is 5.97 Å². The van der Waals surface area contributed by atoms with E-state index in [2.05, 4.69) is 0 Å². The van der Waals surface area contributed by atoms with Gasteiger partial charge in [-0.1, -0.05) is 42.5 Å². The molecule has 0 bridgehead atoms. The molecule has 1 unspecified atom stereocenters. The van der Waals surface area contributed by atoms with Gasteiger partial charge in [0, 0.05) is 12.1 Å². The lowest BCUT2D eigenvalue weighted by Crippen LogP contribution is -2.38. The van der Waals surface area contributed by atoms with Crippen molar-refractivity contribution in [3.8, 4) is 0 Å². The van der Waals surface area contributed by atoms with Crippen molar-refractivity contribution in [2.24, 2.45) is 5.92 Å². The van der Waals surface area contributed by atoms with Crippen LogP contribution in [0.2, 0.25) is 0 Å². The summed E-state index contributed by atoms with van der Waals surface area (Å²) < 4.78 is 25.8. The van der Waals surface area contributed by atoms with Crippen molar-refractivity contribution in [2.75, 3.05) is 0 Å². The van der Waals surface area contributed by atoms with Crippen molar-refractivity contribution in [2.45, 2.75) is 12.8 Å². The number of nitrogens with one attached hydrogen (secondary N) is 1. The fraction of sp³-hybridized carbons (Fsp3) is 0.158. The quantitative estimate of drug-likeness (QED) is 0.361. The zero-order chi connectivity index (χ0) is 21.4. The van der Waals surface area contributed by atoms with Gasteiger partial charge in [-0.05, 0) is 30.0 Å². The average Bonchev–Trinajstić information content (AvgIpc) is 2.67. The molecule has 0 saturated heterocycles. The van der Waals surface area contributed by atoms with Crippen LogP contribution >= 0.6 is 0 Å². The van der Waals surface area contributed by atoms with Gasteiger partial charge in [-0.15, -0.1) is 0 Å².